The molecule has 77 valence electrons. The molecule has 1 saturated carbocycles. The smallest absolute Gasteiger partial charge is 0.325 e. The number of esters is 1. The predicted molar refractivity (Wildman–Crippen MR) is 43.9 cm³/mol. The summed E-state index contributed by atoms with van der Waals surface area (Å²) < 4.78 is 4.51. The maximum absolute atomic E-state index is 11.2. The van der Waals surface area contributed by atoms with E-state index < -0.39 is 23.4 Å². The van der Waals surface area contributed by atoms with Crippen LogP contribution in [0.3, 0.4) is 0 Å². The zero-order valence-electron chi connectivity index (χ0n) is 8.03. The standard InChI is InChI=1S/C8H13NO4.Y/c1-13-7(12)8(9)3-2-5(4-8)6(10)11;/h5H,2-4,9H2,1H3,(H,10,11);. The Morgan fingerprint density at radius 3 is 2.50 bits per heavy atom. The van der Waals surface area contributed by atoms with E-state index in [4.69, 9.17) is 10.8 Å². The molecular weight excluding hydrogens is 263 g/mol. The SMILES string of the molecule is COC(=O)C1(N)CCC(C(=O)O)C1.[Y]. The van der Waals surface area contributed by atoms with Crippen molar-refractivity contribution >= 4 is 11.9 Å². The molecule has 0 aliphatic heterocycles. The zero-order valence-corrected chi connectivity index (χ0v) is 10.9. The van der Waals surface area contributed by atoms with Crippen LogP contribution in [0.2, 0.25) is 0 Å². The van der Waals surface area contributed by atoms with E-state index in [1.807, 2.05) is 0 Å². The molecule has 3 N–H and O–H groups in total. The Labute approximate surface area is 107 Å². The summed E-state index contributed by atoms with van der Waals surface area (Å²) in [7, 11) is 1.25. The number of carbonyl (C=O) groups is 2. The van der Waals surface area contributed by atoms with Gasteiger partial charge in [-0.15, -0.1) is 0 Å². The summed E-state index contributed by atoms with van der Waals surface area (Å²) in [6, 6.07) is 0. The van der Waals surface area contributed by atoms with Gasteiger partial charge in [0.1, 0.15) is 5.54 Å². The quantitative estimate of drug-likeness (QED) is 0.678. The maximum Gasteiger partial charge on any atom is 0.325 e. The number of aliphatic carboxylic acids is 1. The second-order valence-electron chi connectivity index (χ2n) is 3.43. The van der Waals surface area contributed by atoms with Crippen LogP contribution in [0.5, 0.6) is 0 Å². The third-order valence-electron chi connectivity index (χ3n) is 2.49. The van der Waals surface area contributed by atoms with Gasteiger partial charge in [-0.3, -0.25) is 9.59 Å². The Morgan fingerprint density at radius 2 is 2.14 bits per heavy atom. The molecular formula is C8H13NO4Y. The van der Waals surface area contributed by atoms with E-state index in [2.05, 4.69) is 4.74 Å². The van der Waals surface area contributed by atoms with E-state index in [-0.39, 0.29) is 39.1 Å². The fraction of sp³-hybridized carbons (Fsp3) is 0.750. The summed E-state index contributed by atoms with van der Waals surface area (Å²) in [5.41, 5.74) is 4.62. The Kier molecular flexibility index (Phi) is 5.19. The molecule has 2 atom stereocenters. The minimum atomic E-state index is -1.09. The molecule has 1 fully saturated rings. The molecule has 0 heterocycles. The molecule has 0 aromatic heterocycles. The third kappa shape index (κ3) is 2.75. The Hall–Kier alpha value is 0.00390. The van der Waals surface area contributed by atoms with Gasteiger partial charge < -0.3 is 15.6 Å². The molecule has 1 aliphatic rings. The first-order chi connectivity index (χ1) is 5.99. The number of nitrogens with two attached hydrogens (primary N) is 1. The normalized spacial score (nSPS) is 30.6. The zero-order chi connectivity index (χ0) is 10.1. The first-order valence-corrected chi connectivity index (χ1v) is 4.10. The van der Waals surface area contributed by atoms with Crippen LogP contribution >= 0.6 is 0 Å². The average Bonchev–Trinajstić information content (AvgIpc) is 2.48. The number of hydrogen-bond acceptors (Lipinski definition) is 4. The first kappa shape index (κ1) is 14.0. The molecule has 0 saturated heterocycles. The van der Waals surface area contributed by atoms with Crippen molar-refractivity contribution in [3.05, 3.63) is 0 Å². The van der Waals surface area contributed by atoms with Crippen LogP contribution in [0.4, 0.5) is 0 Å². The predicted octanol–water partition coefficient (Wildman–Crippen LogP) is -0.261. The van der Waals surface area contributed by atoms with Crippen molar-refractivity contribution in [3.63, 3.8) is 0 Å². The van der Waals surface area contributed by atoms with Gasteiger partial charge in [-0.1, -0.05) is 0 Å². The number of hydrogen-bond donors (Lipinski definition) is 2. The second-order valence-corrected chi connectivity index (χ2v) is 3.43. The van der Waals surface area contributed by atoms with Crippen LogP contribution in [-0.2, 0) is 47.0 Å². The topological polar surface area (TPSA) is 89.6 Å². The molecule has 1 aliphatic carbocycles. The molecule has 1 radical (unpaired) electrons. The number of carboxylic acid groups (broad SMARTS) is 1. The number of carboxylic acids is 1. The van der Waals surface area contributed by atoms with Gasteiger partial charge in [-0.05, 0) is 19.3 Å². The van der Waals surface area contributed by atoms with Gasteiger partial charge >= 0.3 is 11.9 Å². The van der Waals surface area contributed by atoms with E-state index in [0.717, 1.165) is 0 Å². The van der Waals surface area contributed by atoms with Gasteiger partial charge in [0, 0.05) is 32.7 Å². The summed E-state index contributed by atoms with van der Waals surface area (Å²) in [6.45, 7) is 0. The fourth-order valence-electron chi connectivity index (χ4n) is 1.68. The van der Waals surface area contributed by atoms with Crippen LogP contribution in [-0.4, -0.2) is 29.7 Å². The molecule has 5 nitrogen and oxygen atoms in total. The summed E-state index contributed by atoms with van der Waals surface area (Å²) in [5, 5.41) is 8.69. The second kappa shape index (κ2) is 5.19. The minimum absolute atomic E-state index is 0. The molecule has 0 spiro atoms. The van der Waals surface area contributed by atoms with Crippen LogP contribution in [0.15, 0.2) is 0 Å². The van der Waals surface area contributed by atoms with Crippen LogP contribution in [0.1, 0.15) is 19.3 Å². The van der Waals surface area contributed by atoms with Gasteiger partial charge in [-0.2, -0.15) is 0 Å². The van der Waals surface area contributed by atoms with Crippen molar-refractivity contribution < 1.29 is 52.1 Å². The van der Waals surface area contributed by atoms with Gasteiger partial charge in [0.15, 0.2) is 0 Å². The molecule has 0 aromatic rings. The van der Waals surface area contributed by atoms with E-state index in [0.29, 0.717) is 12.8 Å². The number of carbonyl (C=O) groups excluding carboxylic acids is 1. The summed E-state index contributed by atoms with van der Waals surface area (Å²) in [5.74, 6) is -1.92. The summed E-state index contributed by atoms with van der Waals surface area (Å²) in [4.78, 5) is 21.8. The van der Waals surface area contributed by atoms with E-state index in [9.17, 15) is 9.59 Å². The monoisotopic (exact) mass is 276 g/mol. The molecule has 1 rings (SSSR count). The molecule has 0 amide bonds. The van der Waals surface area contributed by atoms with Crippen molar-refractivity contribution in [3.8, 4) is 0 Å². The van der Waals surface area contributed by atoms with E-state index >= 15 is 0 Å². The minimum Gasteiger partial charge on any atom is -0.481 e. The molecule has 2 unspecified atom stereocenters. The van der Waals surface area contributed by atoms with E-state index in [1.165, 1.54) is 7.11 Å². The summed E-state index contributed by atoms with van der Waals surface area (Å²) in [6.07, 6.45) is 1.01. The van der Waals surface area contributed by atoms with Gasteiger partial charge in [-0.25, -0.2) is 0 Å². The molecule has 0 bridgehead atoms. The number of ether oxygens (including phenoxy) is 1. The molecule has 6 heteroatoms. The van der Waals surface area contributed by atoms with Crippen LogP contribution in [0, 0.1) is 5.92 Å². The molecule has 14 heavy (non-hydrogen) atoms. The summed E-state index contributed by atoms with van der Waals surface area (Å²) >= 11 is 0. The fourth-order valence-corrected chi connectivity index (χ4v) is 1.68. The van der Waals surface area contributed by atoms with Gasteiger partial charge in [0.2, 0.25) is 0 Å². The molecule has 0 aromatic carbocycles. The van der Waals surface area contributed by atoms with E-state index in [1.54, 1.807) is 0 Å². The average molecular weight is 276 g/mol. The first-order valence-electron chi connectivity index (χ1n) is 4.10. The van der Waals surface area contributed by atoms with Crippen LogP contribution < -0.4 is 5.73 Å². The number of methoxy groups -OCH3 is 1. The maximum atomic E-state index is 11.2. The Balaban J connectivity index is 0.00000169. The van der Waals surface area contributed by atoms with Crippen molar-refractivity contribution in [2.75, 3.05) is 7.11 Å². The third-order valence-corrected chi connectivity index (χ3v) is 2.49. The van der Waals surface area contributed by atoms with Crippen LogP contribution in [0.25, 0.3) is 0 Å². The largest absolute Gasteiger partial charge is 0.481 e. The number of rotatable bonds is 2. The van der Waals surface area contributed by atoms with Crippen molar-refractivity contribution in [1.82, 2.24) is 0 Å². The van der Waals surface area contributed by atoms with Crippen molar-refractivity contribution in [2.45, 2.75) is 24.8 Å². The Bertz CT molecular complexity index is 245. The van der Waals surface area contributed by atoms with Gasteiger partial charge in [0.05, 0.1) is 13.0 Å². The van der Waals surface area contributed by atoms with Crippen molar-refractivity contribution in [2.24, 2.45) is 11.7 Å². The Morgan fingerprint density at radius 1 is 1.57 bits per heavy atom. The van der Waals surface area contributed by atoms with Crippen molar-refractivity contribution in [1.29, 1.82) is 0 Å². The van der Waals surface area contributed by atoms with Gasteiger partial charge in [0.25, 0.3) is 0 Å².